The van der Waals surface area contributed by atoms with Crippen molar-refractivity contribution in [3.8, 4) is 0 Å². The number of nitrogen functional groups attached to an aromatic ring is 1. The number of nitrogens with two attached hydrogens (primary N) is 1. The number of anilines is 2. The second-order valence-corrected chi connectivity index (χ2v) is 4.88. The molecule has 0 radical (unpaired) electrons. The highest BCUT2D eigenvalue weighted by molar-refractivity contribution is 5.89. The van der Waals surface area contributed by atoms with Crippen molar-refractivity contribution in [1.29, 1.82) is 0 Å². The van der Waals surface area contributed by atoms with Gasteiger partial charge in [-0.3, -0.25) is 0 Å². The summed E-state index contributed by atoms with van der Waals surface area (Å²) in [5.41, 5.74) is 6.38. The molecule has 19 heavy (non-hydrogen) atoms. The summed E-state index contributed by atoms with van der Waals surface area (Å²) in [7, 11) is 1.93. The zero-order valence-electron chi connectivity index (χ0n) is 11.0. The van der Waals surface area contributed by atoms with Gasteiger partial charge in [0.2, 0.25) is 0 Å². The van der Waals surface area contributed by atoms with Crippen LogP contribution >= 0.6 is 0 Å². The summed E-state index contributed by atoms with van der Waals surface area (Å²) in [5.74, 6) is 0.188. The van der Waals surface area contributed by atoms with Gasteiger partial charge in [0.25, 0.3) is 0 Å². The normalized spacial score (nSPS) is 16.3. The van der Waals surface area contributed by atoms with Crippen LogP contribution in [-0.4, -0.2) is 42.9 Å². The molecule has 0 spiro atoms. The molecule has 0 unspecified atom stereocenters. The van der Waals surface area contributed by atoms with Gasteiger partial charge in [-0.25, -0.2) is 9.78 Å². The molecule has 104 valence electrons. The average Bonchev–Trinajstić information content (AvgIpc) is 2.39. The third kappa shape index (κ3) is 3.35. The van der Waals surface area contributed by atoms with Gasteiger partial charge in [0.1, 0.15) is 0 Å². The van der Waals surface area contributed by atoms with Gasteiger partial charge in [-0.2, -0.15) is 0 Å². The monoisotopic (exact) mass is 265 g/mol. The molecule has 1 aliphatic heterocycles. The molecule has 0 bridgehead atoms. The minimum atomic E-state index is -1.02. The SMILES string of the molecule is CN(CC1CCOCC1)c1ncc(C(=O)O)cc1N. The first-order valence-electron chi connectivity index (χ1n) is 6.35. The van der Waals surface area contributed by atoms with E-state index >= 15 is 0 Å². The molecular weight excluding hydrogens is 246 g/mol. The third-order valence-electron chi connectivity index (χ3n) is 3.38. The molecule has 2 heterocycles. The van der Waals surface area contributed by atoms with Gasteiger partial charge in [-0.1, -0.05) is 0 Å². The standard InChI is InChI=1S/C13H19N3O3/c1-16(8-9-2-4-19-5-3-9)12-11(14)6-10(7-15-12)13(17)18/h6-7,9H,2-5,8,14H2,1H3,(H,17,18). The summed E-state index contributed by atoms with van der Waals surface area (Å²) in [4.78, 5) is 17.0. The number of pyridine rings is 1. The van der Waals surface area contributed by atoms with Crippen molar-refractivity contribution in [2.45, 2.75) is 12.8 Å². The molecule has 0 atom stereocenters. The third-order valence-corrected chi connectivity index (χ3v) is 3.38. The topological polar surface area (TPSA) is 88.7 Å². The van der Waals surface area contributed by atoms with Gasteiger partial charge in [-0.05, 0) is 24.8 Å². The Hall–Kier alpha value is -1.82. The highest BCUT2D eigenvalue weighted by atomic mass is 16.5. The maximum atomic E-state index is 10.8. The minimum Gasteiger partial charge on any atom is -0.478 e. The molecule has 1 saturated heterocycles. The Bertz CT molecular complexity index is 458. The number of aromatic carboxylic acids is 1. The molecule has 0 amide bonds. The van der Waals surface area contributed by atoms with Crippen LogP contribution in [0, 0.1) is 5.92 Å². The largest absolute Gasteiger partial charge is 0.478 e. The van der Waals surface area contributed by atoms with Crippen LogP contribution in [0.15, 0.2) is 12.3 Å². The number of carbonyl (C=O) groups is 1. The second-order valence-electron chi connectivity index (χ2n) is 4.88. The molecule has 3 N–H and O–H groups in total. The molecule has 6 nitrogen and oxygen atoms in total. The van der Waals surface area contributed by atoms with E-state index in [4.69, 9.17) is 15.6 Å². The molecular formula is C13H19N3O3. The van der Waals surface area contributed by atoms with Crippen molar-refractivity contribution in [1.82, 2.24) is 4.98 Å². The number of ether oxygens (including phenoxy) is 1. The van der Waals surface area contributed by atoms with Crippen LogP contribution < -0.4 is 10.6 Å². The first-order chi connectivity index (χ1) is 9.08. The summed E-state index contributed by atoms with van der Waals surface area (Å²) >= 11 is 0. The van der Waals surface area contributed by atoms with Gasteiger partial charge >= 0.3 is 5.97 Å². The van der Waals surface area contributed by atoms with E-state index in [2.05, 4.69) is 4.98 Å². The molecule has 0 aromatic carbocycles. The molecule has 1 fully saturated rings. The molecule has 1 aliphatic rings. The van der Waals surface area contributed by atoms with E-state index in [1.165, 1.54) is 12.3 Å². The van der Waals surface area contributed by atoms with Crippen LogP contribution in [0.1, 0.15) is 23.2 Å². The first kappa shape index (κ1) is 13.6. The van der Waals surface area contributed by atoms with E-state index in [0.29, 0.717) is 17.4 Å². The van der Waals surface area contributed by atoms with E-state index in [-0.39, 0.29) is 5.56 Å². The van der Waals surface area contributed by atoms with Crippen LogP contribution in [-0.2, 0) is 4.74 Å². The maximum absolute atomic E-state index is 10.8. The predicted octanol–water partition coefficient (Wildman–Crippen LogP) is 1.22. The van der Waals surface area contributed by atoms with E-state index in [1.807, 2.05) is 11.9 Å². The Kier molecular flexibility index (Phi) is 4.21. The zero-order chi connectivity index (χ0) is 13.8. The highest BCUT2D eigenvalue weighted by Crippen LogP contribution is 2.23. The van der Waals surface area contributed by atoms with Crippen LogP contribution in [0.3, 0.4) is 0 Å². The van der Waals surface area contributed by atoms with Crippen molar-refractivity contribution in [2.24, 2.45) is 5.92 Å². The number of aromatic nitrogens is 1. The molecule has 0 aliphatic carbocycles. The van der Waals surface area contributed by atoms with Crippen molar-refractivity contribution in [3.05, 3.63) is 17.8 Å². The quantitative estimate of drug-likeness (QED) is 0.851. The number of nitrogens with zero attached hydrogens (tertiary/aromatic N) is 2. The fraction of sp³-hybridized carbons (Fsp3) is 0.538. The zero-order valence-corrected chi connectivity index (χ0v) is 11.0. The fourth-order valence-electron chi connectivity index (χ4n) is 2.31. The van der Waals surface area contributed by atoms with E-state index < -0.39 is 5.97 Å². The first-order valence-corrected chi connectivity index (χ1v) is 6.35. The Balaban J connectivity index is 2.05. The van der Waals surface area contributed by atoms with E-state index in [9.17, 15) is 4.79 Å². The lowest BCUT2D eigenvalue weighted by Gasteiger charge is -2.28. The molecule has 0 saturated carbocycles. The number of hydrogen-bond acceptors (Lipinski definition) is 5. The molecule has 6 heteroatoms. The summed E-state index contributed by atoms with van der Waals surface area (Å²) in [5, 5.41) is 8.88. The van der Waals surface area contributed by atoms with Gasteiger partial charge in [0.15, 0.2) is 5.82 Å². The predicted molar refractivity (Wildman–Crippen MR) is 72.4 cm³/mol. The van der Waals surface area contributed by atoms with E-state index in [1.54, 1.807) is 0 Å². The van der Waals surface area contributed by atoms with Crippen LogP contribution in [0.25, 0.3) is 0 Å². The lowest BCUT2D eigenvalue weighted by molar-refractivity contribution is 0.0683. The fourth-order valence-corrected chi connectivity index (χ4v) is 2.31. The summed E-state index contributed by atoms with van der Waals surface area (Å²) in [6, 6.07) is 1.45. The van der Waals surface area contributed by atoms with Crippen molar-refractivity contribution in [3.63, 3.8) is 0 Å². The lowest BCUT2D eigenvalue weighted by Crippen LogP contribution is -2.30. The van der Waals surface area contributed by atoms with Crippen molar-refractivity contribution < 1.29 is 14.6 Å². The van der Waals surface area contributed by atoms with Crippen molar-refractivity contribution >= 4 is 17.5 Å². The molecule has 2 rings (SSSR count). The maximum Gasteiger partial charge on any atom is 0.337 e. The van der Waals surface area contributed by atoms with E-state index in [0.717, 1.165) is 32.6 Å². The average molecular weight is 265 g/mol. The highest BCUT2D eigenvalue weighted by Gasteiger charge is 2.18. The minimum absolute atomic E-state index is 0.112. The van der Waals surface area contributed by atoms with Gasteiger partial charge in [0, 0.05) is 33.0 Å². The Morgan fingerprint density at radius 3 is 2.84 bits per heavy atom. The number of rotatable bonds is 4. The lowest BCUT2D eigenvalue weighted by atomic mass is 10.00. The van der Waals surface area contributed by atoms with Crippen LogP contribution in [0.4, 0.5) is 11.5 Å². The van der Waals surface area contributed by atoms with Crippen LogP contribution in [0.5, 0.6) is 0 Å². The molecule has 1 aromatic rings. The summed E-state index contributed by atoms with van der Waals surface area (Å²) < 4.78 is 5.33. The van der Waals surface area contributed by atoms with Crippen molar-refractivity contribution in [2.75, 3.05) is 37.4 Å². The second kappa shape index (κ2) is 5.88. The van der Waals surface area contributed by atoms with Gasteiger partial charge < -0.3 is 20.5 Å². The number of carboxylic acid groups (broad SMARTS) is 1. The Morgan fingerprint density at radius 1 is 1.58 bits per heavy atom. The number of carboxylic acids is 1. The Morgan fingerprint density at radius 2 is 2.26 bits per heavy atom. The molecule has 1 aromatic heterocycles. The van der Waals surface area contributed by atoms with Gasteiger partial charge in [0.05, 0.1) is 11.3 Å². The van der Waals surface area contributed by atoms with Crippen LogP contribution in [0.2, 0.25) is 0 Å². The smallest absolute Gasteiger partial charge is 0.337 e. The van der Waals surface area contributed by atoms with Gasteiger partial charge in [-0.15, -0.1) is 0 Å². The number of hydrogen-bond donors (Lipinski definition) is 2. The Labute approximate surface area is 112 Å². The summed E-state index contributed by atoms with van der Waals surface area (Å²) in [6.07, 6.45) is 3.42. The summed E-state index contributed by atoms with van der Waals surface area (Å²) in [6.45, 7) is 2.46.